The normalized spacial score (nSPS) is 17.5. The van der Waals surface area contributed by atoms with Gasteiger partial charge in [0, 0.05) is 0 Å². The maximum absolute atomic E-state index is 10.2. The van der Waals surface area contributed by atoms with Crippen molar-refractivity contribution in [1.82, 2.24) is 5.43 Å². The van der Waals surface area contributed by atoms with Crippen molar-refractivity contribution in [3.63, 3.8) is 0 Å². The Bertz CT molecular complexity index is 220. The fourth-order valence-corrected chi connectivity index (χ4v) is 1.16. The average Bonchev–Trinajstić information content (AvgIpc) is 2.05. The smallest absolute Gasteiger partial charge is 0.332 e. The first-order valence-corrected chi connectivity index (χ1v) is 4.06. The average molecular weight is 167 g/mol. The summed E-state index contributed by atoms with van der Waals surface area (Å²) >= 11 is 0. The number of amides is 2. The molecule has 0 aromatic heterocycles. The zero-order valence-corrected chi connectivity index (χ0v) is 6.92. The third-order valence-corrected chi connectivity index (χ3v) is 1.73. The molecule has 0 aliphatic heterocycles. The van der Waals surface area contributed by atoms with E-state index in [9.17, 15) is 4.79 Å². The molecule has 1 aliphatic carbocycles. The number of urea groups is 1. The molecule has 12 heavy (non-hydrogen) atoms. The SMILES string of the molecule is NC(=O)N/N=C/C1=CCCCC1. The summed E-state index contributed by atoms with van der Waals surface area (Å²) in [7, 11) is 0. The van der Waals surface area contributed by atoms with E-state index in [4.69, 9.17) is 5.73 Å². The molecule has 0 saturated heterocycles. The fourth-order valence-electron chi connectivity index (χ4n) is 1.16. The third kappa shape index (κ3) is 3.18. The van der Waals surface area contributed by atoms with Crippen LogP contribution in [0.4, 0.5) is 4.79 Å². The summed E-state index contributed by atoms with van der Waals surface area (Å²) < 4.78 is 0. The zero-order chi connectivity index (χ0) is 8.81. The Labute approximate surface area is 71.5 Å². The van der Waals surface area contributed by atoms with Crippen LogP contribution in [-0.4, -0.2) is 12.2 Å². The molecule has 2 amide bonds. The number of allylic oxidation sites excluding steroid dienone is 2. The number of rotatable bonds is 2. The molecule has 0 saturated carbocycles. The highest BCUT2D eigenvalue weighted by Crippen LogP contribution is 2.14. The quantitative estimate of drug-likeness (QED) is 0.470. The lowest BCUT2D eigenvalue weighted by Gasteiger charge is -2.06. The van der Waals surface area contributed by atoms with Crippen LogP contribution in [0.25, 0.3) is 0 Å². The number of hydrogen-bond acceptors (Lipinski definition) is 2. The predicted octanol–water partition coefficient (Wildman–Crippen LogP) is 1.14. The first kappa shape index (κ1) is 8.77. The van der Waals surface area contributed by atoms with E-state index in [1.165, 1.54) is 18.4 Å². The lowest BCUT2D eigenvalue weighted by molar-refractivity contribution is 0.249. The lowest BCUT2D eigenvalue weighted by atomic mass is 10.0. The molecule has 0 bridgehead atoms. The van der Waals surface area contributed by atoms with E-state index in [0.717, 1.165) is 12.8 Å². The summed E-state index contributed by atoms with van der Waals surface area (Å²) in [6, 6.07) is -0.623. The monoisotopic (exact) mass is 167 g/mol. The molecule has 4 nitrogen and oxygen atoms in total. The molecule has 0 radical (unpaired) electrons. The van der Waals surface area contributed by atoms with Crippen LogP contribution in [0.5, 0.6) is 0 Å². The number of nitrogens with zero attached hydrogens (tertiary/aromatic N) is 1. The van der Waals surface area contributed by atoms with Crippen molar-refractivity contribution in [2.24, 2.45) is 10.8 Å². The van der Waals surface area contributed by atoms with Gasteiger partial charge in [-0.3, -0.25) is 0 Å². The van der Waals surface area contributed by atoms with Crippen LogP contribution in [0.2, 0.25) is 0 Å². The third-order valence-electron chi connectivity index (χ3n) is 1.73. The van der Waals surface area contributed by atoms with Crippen LogP contribution in [0, 0.1) is 0 Å². The predicted molar refractivity (Wildman–Crippen MR) is 47.8 cm³/mol. The first-order chi connectivity index (χ1) is 5.79. The largest absolute Gasteiger partial charge is 0.350 e. The van der Waals surface area contributed by atoms with E-state index >= 15 is 0 Å². The molecule has 0 aromatic rings. The number of hydrogen-bond donors (Lipinski definition) is 2. The standard InChI is InChI=1S/C8H13N3O/c9-8(12)11-10-6-7-4-2-1-3-5-7/h4,6H,1-3,5H2,(H3,9,11,12)/b10-6+. The Morgan fingerprint density at radius 3 is 3.08 bits per heavy atom. The van der Waals surface area contributed by atoms with E-state index < -0.39 is 6.03 Å². The molecule has 3 N–H and O–H groups in total. The van der Waals surface area contributed by atoms with Crippen molar-refractivity contribution in [3.8, 4) is 0 Å². The maximum Gasteiger partial charge on any atom is 0.332 e. The summed E-state index contributed by atoms with van der Waals surface area (Å²) in [6.45, 7) is 0. The van der Waals surface area contributed by atoms with Gasteiger partial charge in [-0.2, -0.15) is 5.10 Å². The van der Waals surface area contributed by atoms with Gasteiger partial charge in [0.1, 0.15) is 0 Å². The molecule has 0 fully saturated rings. The second-order valence-corrected chi connectivity index (χ2v) is 2.76. The molecule has 1 aliphatic rings. The van der Waals surface area contributed by atoms with Gasteiger partial charge in [-0.15, -0.1) is 0 Å². The molecule has 0 atom stereocenters. The number of primary amides is 1. The van der Waals surface area contributed by atoms with Gasteiger partial charge in [0.2, 0.25) is 0 Å². The number of nitrogens with two attached hydrogens (primary N) is 1. The molecular weight excluding hydrogens is 154 g/mol. The first-order valence-electron chi connectivity index (χ1n) is 4.06. The summed E-state index contributed by atoms with van der Waals surface area (Å²) in [5, 5.41) is 3.68. The molecule has 0 heterocycles. The second-order valence-electron chi connectivity index (χ2n) is 2.76. The van der Waals surface area contributed by atoms with Crippen LogP contribution < -0.4 is 11.2 Å². The Hall–Kier alpha value is -1.32. The Morgan fingerprint density at radius 1 is 1.67 bits per heavy atom. The Kier molecular flexibility index (Phi) is 3.32. The van der Waals surface area contributed by atoms with Crippen molar-refractivity contribution in [2.75, 3.05) is 0 Å². The van der Waals surface area contributed by atoms with Gasteiger partial charge in [-0.25, -0.2) is 10.2 Å². The summed E-state index contributed by atoms with van der Waals surface area (Å²) in [5.41, 5.74) is 8.16. The lowest BCUT2D eigenvalue weighted by Crippen LogP contribution is -2.24. The van der Waals surface area contributed by atoms with Crippen LogP contribution in [0.1, 0.15) is 25.7 Å². The van der Waals surface area contributed by atoms with Gasteiger partial charge in [0.05, 0.1) is 6.21 Å². The van der Waals surface area contributed by atoms with Crippen LogP contribution in [0.15, 0.2) is 16.8 Å². The van der Waals surface area contributed by atoms with E-state index in [0.29, 0.717) is 0 Å². The Morgan fingerprint density at radius 2 is 2.50 bits per heavy atom. The van der Waals surface area contributed by atoms with Gasteiger partial charge in [-0.1, -0.05) is 6.08 Å². The number of carbonyl (C=O) groups excluding carboxylic acids is 1. The molecule has 0 spiro atoms. The molecule has 1 rings (SSSR count). The molecule has 4 heteroatoms. The minimum absolute atomic E-state index is 0.623. The summed E-state index contributed by atoms with van der Waals surface area (Å²) in [4.78, 5) is 10.2. The van der Waals surface area contributed by atoms with Crippen molar-refractivity contribution in [2.45, 2.75) is 25.7 Å². The van der Waals surface area contributed by atoms with E-state index in [1.807, 2.05) is 0 Å². The highest BCUT2D eigenvalue weighted by molar-refractivity contribution is 5.80. The van der Waals surface area contributed by atoms with Crippen molar-refractivity contribution < 1.29 is 4.79 Å². The Balaban J connectivity index is 2.33. The van der Waals surface area contributed by atoms with Gasteiger partial charge in [0.25, 0.3) is 0 Å². The van der Waals surface area contributed by atoms with Crippen LogP contribution >= 0.6 is 0 Å². The number of hydrazone groups is 1. The minimum atomic E-state index is -0.623. The minimum Gasteiger partial charge on any atom is -0.350 e. The van der Waals surface area contributed by atoms with Crippen molar-refractivity contribution >= 4 is 12.2 Å². The highest BCUT2D eigenvalue weighted by atomic mass is 16.2. The van der Waals surface area contributed by atoms with E-state index in [2.05, 4.69) is 16.6 Å². The number of nitrogens with one attached hydrogen (secondary N) is 1. The molecule has 66 valence electrons. The summed E-state index contributed by atoms with van der Waals surface area (Å²) in [5.74, 6) is 0. The van der Waals surface area contributed by atoms with Gasteiger partial charge < -0.3 is 5.73 Å². The fraction of sp³-hybridized carbons (Fsp3) is 0.500. The van der Waals surface area contributed by atoms with E-state index in [-0.39, 0.29) is 0 Å². The van der Waals surface area contributed by atoms with Crippen molar-refractivity contribution in [1.29, 1.82) is 0 Å². The van der Waals surface area contributed by atoms with Crippen LogP contribution in [-0.2, 0) is 0 Å². The number of carbonyl (C=O) groups is 1. The van der Waals surface area contributed by atoms with E-state index in [1.54, 1.807) is 6.21 Å². The highest BCUT2D eigenvalue weighted by Gasteiger charge is 1.99. The molecule has 0 unspecified atom stereocenters. The second kappa shape index (κ2) is 4.54. The van der Waals surface area contributed by atoms with Gasteiger partial charge >= 0.3 is 6.03 Å². The van der Waals surface area contributed by atoms with Crippen molar-refractivity contribution in [3.05, 3.63) is 11.6 Å². The maximum atomic E-state index is 10.2. The van der Waals surface area contributed by atoms with Crippen LogP contribution in [0.3, 0.4) is 0 Å². The molecule has 0 aromatic carbocycles. The summed E-state index contributed by atoms with van der Waals surface area (Å²) in [6.07, 6.45) is 8.40. The topological polar surface area (TPSA) is 67.5 Å². The van der Waals surface area contributed by atoms with Gasteiger partial charge in [0.15, 0.2) is 0 Å². The zero-order valence-electron chi connectivity index (χ0n) is 6.92. The van der Waals surface area contributed by atoms with Gasteiger partial charge in [-0.05, 0) is 31.3 Å². The molecular formula is C8H13N3O.